The number of allylic oxidation sites excluding steroid dienone is 4. The number of carbonyl (C=O) groups is 2. The van der Waals surface area contributed by atoms with Crippen LogP contribution >= 0.6 is 0 Å². The van der Waals surface area contributed by atoms with Crippen LogP contribution in [0.4, 0.5) is 5.69 Å². The number of rotatable bonds is 9. The Morgan fingerprint density at radius 3 is 2.62 bits per heavy atom. The summed E-state index contributed by atoms with van der Waals surface area (Å²) in [6.07, 6.45) is 5.91. The molecular weight excluding hydrogens is 471 g/mol. The van der Waals surface area contributed by atoms with Crippen LogP contribution in [0, 0.1) is 0 Å². The van der Waals surface area contributed by atoms with Gasteiger partial charge in [0.25, 0.3) is 0 Å². The molecule has 32 heavy (non-hydrogen) atoms. The van der Waals surface area contributed by atoms with Crippen molar-refractivity contribution in [3.8, 4) is 0 Å². The molecule has 2 N–H and O–H groups in total. The van der Waals surface area contributed by atoms with Crippen molar-refractivity contribution in [2.45, 2.75) is 11.4 Å². The number of aromatic amines is 1. The Hall–Kier alpha value is -3.52. The number of tetrazole rings is 1. The van der Waals surface area contributed by atoms with Gasteiger partial charge in [-0.05, 0) is 0 Å². The van der Waals surface area contributed by atoms with E-state index >= 15 is 0 Å². The molecule has 3 aromatic rings. The molecule has 1 aromatic heterocycles. The van der Waals surface area contributed by atoms with Crippen LogP contribution in [0.5, 0.6) is 0 Å². The third-order valence-electron chi connectivity index (χ3n) is 4.63. The zero-order chi connectivity index (χ0) is 22.2. The SMILES string of the molecule is O=C1C=CC(=O)C([Se]CCNC(c2ccc(N=Cc3ccccc3)cc2)c2nn[nH]n2)=C1. The van der Waals surface area contributed by atoms with Crippen LogP contribution in [0.1, 0.15) is 23.0 Å². The summed E-state index contributed by atoms with van der Waals surface area (Å²) in [6, 6.07) is 17.5. The minimum absolute atomic E-state index is 0.0778. The van der Waals surface area contributed by atoms with Crippen molar-refractivity contribution in [3.63, 3.8) is 0 Å². The predicted molar refractivity (Wildman–Crippen MR) is 122 cm³/mol. The monoisotopic (exact) mass is 492 g/mol. The van der Waals surface area contributed by atoms with E-state index in [2.05, 4.69) is 30.9 Å². The number of nitrogens with one attached hydrogen (secondary N) is 2. The zero-order valence-corrected chi connectivity index (χ0v) is 18.7. The molecule has 0 saturated heterocycles. The van der Waals surface area contributed by atoms with Crippen LogP contribution in [-0.4, -0.2) is 59.9 Å². The fraction of sp³-hybridized carbons (Fsp3) is 0.130. The molecule has 9 heteroatoms. The normalized spacial score (nSPS) is 14.7. The topological polar surface area (TPSA) is 113 Å². The van der Waals surface area contributed by atoms with E-state index in [1.165, 1.54) is 18.2 Å². The Morgan fingerprint density at radius 2 is 1.88 bits per heavy atom. The number of hydrogen-bond donors (Lipinski definition) is 2. The van der Waals surface area contributed by atoms with E-state index in [1.807, 2.05) is 60.8 Å². The molecule has 2 aromatic carbocycles. The maximum absolute atomic E-state index is 11.9. The molecule has 160 valence electrons. The first kappa shape index (κ1) is 21.7. The number of aliphatic imine (C=N–C) groups is 1. The standard InChI is InChI=1S/C23H20N6O2Se/c30-19-10-11-20(31)21(14-19)32-13-12-24-22(23-26-28-29-27-23)17-6-8-18(9-7-17)25-15-16-4-2-1-3-5-16/h1-11,14-15,22,24H,12-13H2,(H,26,27,28,29). The first-order valence-corrected chi connectivity index (χ1v) is 12.0. The second-order valence-electron chi connectivity index (χ2n) is 6.87. The molecule has 1 aliphatic rings. The second-order valence-corrected chi connectivity index (χ2v) is 9.26. The van der Waals surface area contributed by atoms with E-state index in [9.17, 15) is 9.59 Å². The van der Waals surface area contributed by atoms with Gasteiger partial charge in [-0.1, -0.05) is 18.2 Å². The third-order valence-corrected chi connectivity index (χ3v) is 6.81. The van der Waals surface area contributed by atoms with Crippen molar-refractivity contribution in [3.05, 3.63) is 94.2 Å². The Bertz CT molecular complexity index is 1150. The molecule has 8 nitrogen and oxygen atoms in total. The third kappa shape index (κ3) is 5.79. The molecule has 0 amide bonds. The van der Waals surface area contributed by atoms with Crippen LogP contribution in [0.3, 0.4) is 0 Å². The summed E-state index contributed by atoms with van der Waals surface area (Å²) < 4.78 is 0.601. The van der Waals surface area contributed by atoms with Gasteiger partial charge in [-0.15, -0.1) is 0 Å². The summed E-state index contributed by atoms with van der Waals surface area (Å²) in [5.74, 6) is 0.323. The second kappa shape index (κ2) is 10.7. The Kier molecular flexibility index (Phi) is 7.24. The molecule has 0 fully saturated rings. The first-order chi connectivity index (χ1) is 15.7. The molecule has 0 spiro atoms. The van der Waals surface area contributed by atoms with Crippen molar-refractivity contribution >= 4 is 38.4 Å². The van der Waals surface area contributed by atoms with Crippen molar-refractivity contribution in [2.75, 3.05) is 6.54 Å². The van der Waals surface area contributed by atoms with Crippen molar-refractivity contribution in [2.24, 2.45) is 4.99 Å². The maximum atomic E-state index is 11.9. The van der Waals surface area contributed by atoms with E-state index in [0.717, 1.165) is 22.1 Å². The van der Waals surface area contributed by atoms with Crippen LogP contribution in [0.2, 0.25) is 5.32 Å². The summed E-state index contributed by atoms with van der Waals surface area (Å²) in [4.78, 5) is 27.9. The van der Waals surface area contributed by atoms with E-state index in [4.69, 9.17) is 0 Å². The Morgan fingerprint density at radius 1 is 1.06 bits per heavy atom. The first-order valence-electron chi connectivity index (χ1n) is 9.96. The summed E-state index contributed by atoms with van der Waals surface area (Å²) in [5, 5.41) is 18.6. The number of nitrogens with zero attached hydrogens (tertiary/aromatic N) is 4. The van der Waals surface area contributed by atoms with E-state index < -0.39 is 0 Å². The molecule has 1 heterocycles. The zero-order valence-electron chi connectivity index (χ0n) is 17.0. The molecule has 1 atom stereocenters. The fourth-order valence-electron chi connectivity index (χ4n) is 3.06. The Balaban J connectivity index is 1.39. The van der Waals surface area contributed by atoms with Gasteiger partial charge in [0.1, 0.15) is 0 Å². The van der Waals surface area contributed by atoms with Gasteiger partial charge in [-0.2, -0.15) is 0 Å². The number of benzene rings is 2. The molecule has 4 rings (SSSR count). The predicted octanol–water partition coefficient (Wildman–Crippen LogP) is 2.34. The summed E-state index contributed by atoms with van der Waals surface area (Å²) >= 11 is -0.0949. The number of hydrogen-bond acceptors (Lipinski definition) is 7. The molecule has 1 aliphatic carbocycles. The van der Waals surface area contributed by atoms with E-state index in [-0.39, 0.29) is 32.6 Å². The molecule has 0 saturated carbocycles. The number of aromatic nitrogens is 4. The molecule has 0 bridgehead atoms. The summed E-state index contributed by atoms with van der Waals surface area (Å²) in [7, 11) is 0. The molecule has 0 radical (unpaired) electrons. The van der Waals surface area contributed by atoms with Gasteiger partial charge in [0.2, 0.25) is 0 Å². The van der Waals surface area contributed by atoms with Crippen LogP contribution < -0.4 is 5.32 Å². The van der Waals surface area contributed by atoms with Crippen LogP contribution in [-0.2, 0) is 9.59 Å². The number of H-pyrrole nitrogens is 1. The summed E-state index contributed by atoms with van der Waals surface area (Å²) in [6.45, 7) is 0.635. The average molecular weight is 491 g/mol. The van der Waals surface area contributed by atoms with Gasteiger partial charge < -0.3 is 0 Å². The average Bonchev–Trinajstić information content (AvgIpc) is 3.36. The number of ketones is 2. The molecule has 1 unspecified atom stereocenters. The van der Waals surface area contributed by atoms with Gasteiger partial charge in [-0.25, -0.2) is 0 Å². The van der Waals surface area contributed by atoms with Gasteiger partial charge in [0.15, 0.2) is 0 Å². The Labute approximate surface area is 191 Å². The van der Waals surface area contributed by atoms with Crippen molar-refractivity contribution < 1.29 is 9.59 Å². The summed E-state index contributed by atoms with van der Waals surface area (Å²) in [5.41, 5.74) is 2.85. The quantitative estimate of drug-likeness (QED) is 0.206. The van der Waals surface area contributed by atoms with Gasteiger partial charge in [0.05, 0.1) is 0 Å². The molecular formula is C23H20N6O2Se. The van der Waals surface area contributed by atoms with E-state index in [0.29, 0.717) is 16.8 Å². The van der Waals surface area contributed by atoms with Gasteiger partial charge in [0, 0.05) is 0 Å². The van der Waals surface area contributed by atoms with Crippen molar-refractivity contribution in [1.29, 1.82) is 0 Å². The number of carbonyl (C=O) groups excluding carboxylic acids is 2. The van der Waals surface area contributed by atoms with E-state index in [1.54, 1.807) is 0 Å². The fourth-order valence-corrected chi connectivity index (χ4v) is 4.84. The minimum atomic E-state index is -0.255. The van der Waals surface area contributed by atoms with Gasteiger partial charge >= 0.3 is 173 Å². The van der Waals surface area contributed by atoms with Gasteiger partial charge in [-0.3, -0.25) is 0 Å². The molecule has 0 aliphatic heterocycles. The van der Waals surface area contributed by atoms with Crippen molar-refractivity contribution in [1.82, 2.24) is 25.9 Å². The van der Waals surface area contributed by atoms with Crippen LogP contribution in [0.15, 0.2) is 82.3 Å². The van der Waals surface area contributed by atoms with Crippen LogP contribution in [0.25, 0.3) is 0 Å².